The second kappa shape index (κ2) is 24.8. The van der Waals surface area contributed by atoms with Gasteiger partial charge in [-0.15, -0.1) is 70.8 Å². The van der Waals surface area contributed by atoms with Crippen molar-refractivity contribution < 1.29 is 53.6 Å². The molecule has 0 saturated carbocycles. The smallest absolute Gasteiger partial charge is 0.872 e. The Hall–Kier alpha value is -3.31. The third-order valence-corrected chi connectivity index (χ3v) is 9.05. The van der Waals surface area contributed by atoms with Crippen LogP contribution in [0.15, 0.2) is 157 Å². The summed E-state index contributed by atoms with van der Waals surface area (Å²) in [5.41, 5.74) is 5.47. The Balaban J connectivity index is 0.000000287. The van der Waals surface area contributed by atoms with Gasteiger partial charge in [0.1, 0.15) is 0 Å². The SMILES string of the molecule is Cc1[c-][pH]cc1C.Cc1[c-][pH]cc1C.[O-]c1ccccc1.[O-]c1ccccc1.[Ti+2].[Ti+2].c1ccc2[cH-]ccc2c1.c1ccc2[cH-]ccc2c1. The summed E-state index contributed by atoms with van der Waals surface area (Å²) in [7, 11) is 1.64. The molecule has 2 heterocycles. The monoisotopic (exact) mass is 734 g/mol. The largest absolute Gasteiger partial charge is 2.00 e. The molecule has 0 bridgehead atoms. The first-order valence-corrected chi connectivity index (χ1v) is 17.2. The Labute approximate surface area is 319 Å². The van der Waals surface area contributed by atoms with Gasteiger partial charge in [-0.2, -0.15) is 80.5 Å². The second-order valence-electron chi connectivity index (χ2n) is 10.4. The second-order valence-corrected chi connectivity index (χ2v) is 12.0. The van der Waals surface area contributed by atoms with E-state index in [0.29, 0.717) is 0 Å². The van der Waals surface area contributed by atoms with E-state index >= 15 is 0 Å². The molecule has 240 valence electrons. The van der Waals surface area contributed by atoms with E-state index in [0.717, 1.165) is 16.4 Å². The van der Waals surface area contributed by atoms with Crippen LogP contribution in [0.25, 0.3) is 21.5 Å². The van der Waals surface area contributed by atoms with Gasteiger partial charge in [-0.25, -0.2) is 0 Å². The molecule has 48 heavy (non-hydrogen) atoms. The maximum atomic E-state index is 10.3. The summed E-state index contributed by atoms with van der Waals surface area (Å²) in [5.74, 6) is 11.0. The van der Waals surface area contributed by atoms with Gasteiger partial charge in [0.05, 0.1) is 0 Å². The quantitative estimate of drug-likeness (QED) is 0.115. The van der Waals surface area contributed by atoms with Gasteiger partial charge in [0, 0.05) is 0 Å². The molecule has 2 atom stereocenters. The number of benzene rings is 4. The van der Waals surface area contributed by atoms with Crippen LogP contribution in [-0.4, -0.2) is 0 Å². The molecule has 8 aromatic rings. The fourth-order valence-electron chi connectivity index (χ4n) is 3.90. The van der Waals surface area contributed by atoms with Gasteiger partial charge in [-0.1, -0.05) is 100 Å². The zero-order chi connectivity index (χ0) is 33.0. The van der Waals surface area contributed by atoms with Gasteiger partial charge in [-0.3, -0.25) is 16.4 Å². The number of fused-ring (bicyclic) bond motifs is 2. The van der Waals surface area contributed by atoms with Gasteiger partial charge in [0.2, 0.25) is 0 Å². The van der Waals surface area contributed by atoms with Crippen molar-refractivity contribution in [3.8, 4) is 11.5 Å². The van der Waals surface area contributed by atoms with Gasteiger partial charge < -0.3 is 10.2 Å². The molecule has 0 spiro atoms. The molecule has 0 radical (unpaired) electrons. The Morgan fingerprint density at radius 1 is 0.458 bits per heavy atom. The third kappa shape index (κ3) is 16.7. The first kappa shape index (κ1) is 42.7. The summed E-state index contributed by atoms with van der Waals surface area (Å²) in [6.07, 6.45) is 0. The number of para-hydroxylation sites is 2. The van der Waals surface area contributed by atoms with E-state index in [1.54, 1.807) is 24.3 Å². The van der Waals surface area contributed by atoms with Gasteiger partial charge in [0.15, 0.2) is 0 Å². The molecule has 2 nitrogen and oxygen atoms in total. The topological polar surface area (TPSA) is 46.1 Å². The van der Waals surface area contributed by atoms with Crippen LogP contribution in [0.1, 0.15) is 22.3 Å². The van der Waals surface area contributed by atoms with E-state index in [9.17, 15) is 10.2 Å². The van der Waals surface area contributed by atoms with E-state index in [4.69, 9.17) is 0 Å². The average molecular weight is 734 g/mol. The first-order valence-electron chi connectivity index (χ1n) is 15.0. The minimum absolute atomic E-state index is 0. The first-order chi connectivity index (χ1) is 22.3. The molecule has 0 saturated heterocycles. The summed E-state index contributed by atoms with van der Waals surface area (Å²) in [6, 6.07) is 46.0. The van der Waals surface area contributed by atoms with Crippen LogP contribution in [-0.2, 0) is 43.4 Å². The molecule has 0 aliphatic rings. The predicted molar refractivity (Wildman–Crippen MR) is 199 cm³/mol. The Morgan fingerprint density at radius 2 is 0.792 bits per heavy atom. The van der Waals surface area contributed by atoms with Crippen LogP contribution in [0, 0.1) is 39.3 Å². The van der Waals surface area contributed by atoms with Crippen molar-refractivity contribution in [2.75, 3.05) is 0 Å². The van der Waals surface area contributed by atoms with Gasteiger partial charge in [0.25, 0.3) is 0 Å². The van der Waals surface area contributed by atoms with Crippen molar-refractivity contribution in [3.05, 3.63) is 191 Å². The van der Waals surface area contributed by atoms with E-state index in [2.05, 4.69) is 136 Å². The zero-order valence-electron chi connectivity index (χ0n) is 27.8. The number of hydrogen-bond acceptors (Lipinski definition) is 2. The minimum atomic E-state index is 0. The number of hydrogen-bond donors (Lipinski definition) is 0. The maximum absolute atomic E-state index is 10.3. The molecule has 0 amide bonds. The van der Waals surface area contributed by atoms with Crippen LogP contribution >= 0.6 is 16.4 Å². The van der Waals surface area contributed by atoms with Gasteiger partial charge in [-0.05, 0) is 0 Å². The maximum Gasteiger partial charge on any atom is 2.00 e. The molecule has 0 N–H and O–H groups in total. The van der Waals surface area contributed by atoms with Crippen LogP contribution in [0.3, 0.4) is 0 Å². The fraction of sp³-hybridized carbons (Fsp3) is 0.0952. The summed E-state index contributed by atoms with van der Waals surface area (Å²) in [6.45, 7) is 8.46. The van der Waals surface area contributed by atoms with E-state index in [-0.39, 0.29) is 54.9 Å². The van der Waals surface area contributed by atoms with E-state index < -0.39 is 0 Å². The summed E-state index contributed by atoms with van der Waals surface area (Å²) >= 11 is 0. The molecule has 0 aliphatic heterocycles. The van der Waals surface area contributed by atoms with Crippen LogP contribution in [0.5, 0.6) is 11.5 Å². The Kier molecular flexibility index (Phi) is 22.0. The van der Waals surface area contributed by atoms with Crippen LogP contribution in [0.4, 0.5) is 0 Å². The van der Waals surface area contributed by atoms with Crippen molar-refractivity contribution in [3.63, 3.8) is 0 Å². The number of aryl methyl sites for hydroxylation is 4. The molecule has 8 rings (SSSR count). The molecule has 0 fully saturated rings. The molecule has 2 aromatic heterocycles. The predicted octanol–water partition coefficient (Wildman–Crippen LogP) is 10.9. The standard InChI is InChI=1S/2C9H7.2C6H6O.2C6H8P.2Ti/c2*1-2-5-9-7-3-6-8(9)4-1;2*7-6-4-2-1-3-5-6;2*1-5-3-7-4-6(5)2;;/h2*1-7H;2*1-5,7H;2*3,7H,1-2H3;;/q2*-1;;;2*-1;2*+2/p-2. The molecular formula is C42H40O2P2Ti2-2. The number of rotatable bonds is 0. The summed E-state index contributed by atoms with van der Waals surface area (Å²) < 4.78 is 0. The molecule has 2 unspecified atom stereocenters. The molecule has 6 heteroatoms. The van der Waals surface area contributed by atoms with Crippen molar-refractivity contribution >= 4 is 37.9 Å². The van der Waals surface area contributed by atoms with Crippen LogP contribution < -0.4 is 10.2 Å². The van der Waals surface area contributed by atoms with Crippen molar-refractivity contribution in [2.24, 2.45) is 0 Å². The van der Waals surface area contributed by atoms with Crippen molar-refractivity contribution in [1.29, 1.82) is 0 Å². The minimum Gasteiger partial charge on any atom is -0.872 e. The zero-order valence-corrected chi connectivity index (χ0v) is 33.0. The van der Waals surface area contributed by atoms with E-state index in [1.165, 1.54) is 68.1 Å². The van der Waals surface area contributed by atoms with Gasteiger partial charge >= 0.3 is 43.4 Å². The van der Waals surface area contributed by atoms with Crippen molar-refractivity contribution in [1.82, 2.24) is 0 Å². The normalized spacial score (nSPS) is 9.42. The Morgan fingerprint density at radius 3 is 1.02 bits per heavy atom. The third-order valence-electron chi connectivity index (χ3n) is 6.86. The summed E-state index contributed by atoms with van der Waals surface area (Å²) in [4.78, 5) is 0. The molecule has 0 aliphatic carbocycles. The Bertz CT molecular complexity index is 1680. The van der Waals surface area contributed by atoms with Crippen LogP contribution in [0.2, 0.25) is 0 Å². The average Bonchev–Trinajstić information content (AvgIpc) is 3.90. The van der Waals surface area contributed by atoms with E-state index in [1.807, 2.05) is 12.1 Å². The fourth-order valence-corrected chi connectivity index (χ4v) is 5.74. The summed E-state index contributed by atoms with van der Waals surface area (Å²) in [5, 5.41) is 25.9. The van der Waals surface area contributed by atoms with Crippen molar-refractivity contribution in [2.45, 2.75) is 27.7 Å². The molecule has 6 aromatic carbocycles. The molecular weight excluding hydrogens is 694 g/mol.